The lowest BCUT2D eigenvalue weighted by atomic mass is 10.0. The molecule has 156 valence electrons. The average molecular weight is 444 g/mol. The van der Waals surface area contributed by atoms with E-state index in [2.05, 4.69) is 15.0 Å². The van der Waals surface area contributed by atoms with Crippen LogP contribution >= 0.6 is 11.3 Å². The molecule has 0 fully saturated rings. The van der Waals surface area contributed by atoms with E-state index in [0.717, 1.165) is 33.6 Å². The maximum atomic E-state index is 12.6. The number of carbonyl (C=O) groups excluding carboxylic acids is 1. The second-order valence-corrected chi connectivity index (χ2v) is 9.37. The maximum absolute atomic E-state index is 12.6. The largest absolute Gasteiger partial charge is 0.296 e. The number of nitrogens with zero attached hydrogens (tertiary/aromatic N) is 4. The lowest BCUT2D eigenvalue weighted by Gasteiger charge is -2.14. The van der Waals surface area contributed by atoms with Gasteiger partial charge in [-0.25, -0.2) is 18.5 Å². The van der Waals surface area contributed by atoms with Gasteiger partial charge in [0.25, 0.3) is 0 Å². The quantitative estimate of drug-likeness (QED) is 0.587. The number of aromatic nitrogens is 2. The molecule has 2 N–H and O–H groups in total. The van der Waals surface area contributed by atoms with Crippen LogP contribution < -0.4 is 10.0 Å². The van der Waals surface area contributed by atoms with Crippen molar-refractivity contribution in [1.82, 2.24) is 9.97 Å². The molecule has 0 aliphatic carbocycles. The molecular weight excluding hydrogens is 422 g/mol. The van der Waals surface area contributed by atoms with Gasteiger partial charge in [-0.3, -0.25) is 19.7 Å². The number of aliphatic imine (C=N–C) groups is 1. The number of pyridine rings is 1. The number of likely N-dealkylation sites (N-methyl/N-ethyl adjacent to an activating group) is 1. The van der Waals surface area contributed by atoms with Gasteiger partial charge in [0.05, 0.1) is 12.1 Å². The standard InChI is InChI=1S/C20H21N5O3S2/c1-13-19(30(21,27)28)29-20(24-13)25(3)18(26)9-14-4-6-16(7-5-14)17-8-15(10-22-2)11-23-12-17/h4-8,10-12H,9H2,1-3H3,(H2,21,27,28). The first kappa shape index (κ1) is 21.8. The van der Waals surface area contributed by atoms with Crippen molar-refractivity contribution in [2.24, 2.45) is 10.1 Å². The van der Waals surface area contributed by atoms with E-state index in [0.29, 0.717) is 5.13 Å². The summed E-state index contributed by atoms with van der Waals surface area (Å²) in [6.45, 7) is 1.55. The molecular formula is C20H21N5O3S2. The number of rotatable bonds is 6. The van der Waals surface area contributed by atoms with Crippen LogP contribution in [0.15, 0.2) is 51.9 Å². The number of benzene rings is 1. The van der Waals surface area contributed by atoms with Crippen LogP contribution in [0.4, 0.5) is 5.13 Å². The van der Waals surface area contributed by atoms with Crippen LogP contribution in [0.25, 0.3) is 11.1 Å². The Labute approximate surface area is 179 Å². The second kappa shape index (κ2) is 8.82. The van der Waals surface area contributed by atoms with Crippen molar-refractivity contribution in [2.75, 3.05) is 19.0 Å². The summed E-state index contributed by atoms with van der Waals surface area (Å²) in [6, 6.07) is 9.61. The molecule has 1 aromatic carbocycles. The smallest absolute Gasteiger partial charge is 0.249 e. The van der Waals surface area contributed by atoms with Gasteiger partial charge >= 0.3 is 0 Å². The van der Waals surface area contributed by atoms with E-state index < -0.39 is 10.0 Å². The SMILES string of the molecule is CN=Cc1cncc(-c2ccc(CC(=O)N(C)c3nc(C)c(S(N)(=O)=O)s3)cc2)c1. The molecule has 0 unspecified atom stereocenters. The Morgan fingerprint density at radius 2 is 1.93 bits per heavy atom. The van der Waals surface area contributed by atoms with Crippen LogP contribution in [0.3, 0.4) is 0 Å². The van der Waals surface area contributed by atoms with Crippen molar-refractivity contribution in [2.45, 2.75) is 17.6 Å². The highest BCUT2D eigenvalue weighted by Gasteiger charge is 2.22. The van der Waals surface area contributed by atoms with E-state index >= 15 is 0 Å². The van der Waals surface area contributed by atoms with Crippen LogP contribution in [-0.4, -0.2) is 44.6 Å². The fourth-order valence-corrected chi connectivity index (χ4v) is 4.75. The molecule has 0 spiro atoms. The zero-order valence-corrected chi connectivity index (χ0v) is 18.4. The highest BCUT2D eigenvalue weighted by molar-refractivity contribution is 7.91. The lowest BCUT2D eigenvalue weighted by molar-refractivity contribution is -0.117. The van der Waals surface area contributed by atoms with Gasteiger partial charge in [0, 0.05) is 43.8 Å². The molecule has 3 aromatic rings. The van der Waals surface area contributed by atoms with Crippen molar-refractivity contribution in [3.8, 4) is 11.1 Å². The lowest BCUT2D eigenvalue weighted by Crippen LogP contribution is -2.27. The fraction of sp³-hybridized carbons (Fsp3) is 0.200. The predicted octanol–water partition coefficient (Wildman–Crippen LogP) is 2.42. The first-order valence-electron chi connectivity index (χ1n) is 8.92. The second-order valence-electron chi connectivity index (χ2n) is 6.64. The minimum atomic E-state index is -3.86. The van der Waals surface area contributed by atoms with E-state index in [1.807, 2.05) is 30.3 Å². The van der Waals surface area contributed by atoms with Gasteiger partial charge < -0.3 is 0 Å². The monoisotopic (exact) mass is 443 g/mol. The summed E-state index contributed by atoms with van der Waals surface area (Å²) >= 11 is 0.882. The third kappa shape index (κ3) is 4.96. The maximum Gasteiger partial charge on any atom is 0.249 e. The molecule has 0 atom stereocenters. The summed E-state index contributed by atoms with van der Waals surface area (Å²) in [5, 5.41) is 5.48. The number of primary sulfonamides is 1. The predicted molar refractivity (Wildman–Crippen MR) is 119 cm³/mol. The molecule has 10 heteroatoms. The molecule has 0 saturated heterocycles. The molecule has 0 saturated carbocycles. The summed E-state index contributed by atoms with van der Waals surface area (Å²) in [6.07, 6.45) is 5.40. The Bertz CT molecular complexity index is 1200. The Morgan fingerprint density at radius 3 is 2.53 bits per heavy atom. The molecule has 3 rings (SSSR count). The highest BCUT2D eigenvalue weighted by atomic mass is 32.2. The highest BCUT2D eigenvalue weighted by Crippen LogP contribution is 2.28. The van der Waals surface area contributed by atoms with Crippen LogP contribution in [0.5, 0.6) is 0 Å². The molecule has 2 heterocycles. The molecule has 0 aliphatic heterocycles. The number of anilines is 1. The summed E-state index contributed by atoms with van der Waals surface area (Å²) in [7, 11) is -0.594. The molecule has 1 amide bonds. The van der Waals surface area contributed by atoms with Crippen LogP contribution in [-0.2, 0) is 21.2 Å². The van der Waals surface area contributed by atoms with Crippen LogP contribution in [0, 0.1) is 6.92 Å². The topological polar surface area (TPSA) is 119 Å². The first-order valence-corrected chi connectivity index (χ1v) is 11.3. The number of aryl methyl sites for hydroxylation is 1. The Morgan fingerprint density at radius 1 is 1.23 bits per heavy atom. The van der Waals surface area contributed by atoms with Gasteiger partial charge in [-0.2, -0.15) is 0 Å². The Hall–Kier alpha value is -2.95. The third-order valence-electron chi connectivity index (χ3n) is 4.34. The molecule has 30 heavy (non-hydrogen) atoms. The number of sulfonamides is 1. The van der Waals surface area contributed by atoms with Crippen molar-refractivity contribution >= 4 is 38.6 Å². The van der Waals surface area contributed by atoms with Gasteiger partial charge in [-0.15, -0.1) is 0 Å². The molecule has 8 nitrogen and oxygen atoms in total. The number of carbonyl (C=O) groups is 1. The minimum Gasteiger partial charge on any atom is -0.296 e. The van der Waals surface area contributed by atoms with Crippen LogP contribution in [0.1, 0.15) is 16.8 Å². The Kier molecular flexibility index (Phi) is 6.40. The molecule has 0 bridgehead atoms. The zero-order valence-electron chi connectivity index (χ0n) is 16.7. The van der Waals surface area contributed by atoms with Crippen molar-refractivity contribution in [1.29, 1.82) is 0 Å². The molecule has 2 aromatic heterocycles. The number of thiazole rings is 1. The summed E-state index contributed by atoms with van der Waals surface area (Å²) in [4.78, 5) is 26.4. The number of hydrogen-bond donors (Lipinski definition) is 1. The summed E-state index contributed by atoms with van der Waals surface area (Å²) in [5.41, 5.74) is 3.96. The van der Waals surface area contributed by atoms with Gasteiger partial charge in [0.2, 0.25) is 15.9 Å². The normalized spacial score (nSPS) is 11.7. The van der Waals surface area contributed by atoms with Crippen molar-refractivity contribution < 1.29 is 13.2 Å². The van der Waals surface area contributed by atoms with Gasteiger partial charge in [-0.05, 0) is 24.1 Å². The number of hydrogen-bond acceptors (Lipinski definition) is 7. The van der Waals surface area contributed by atoms with E-state index in [-0.39, 0.29) is 22.2 Å². The summed E-state index contributed by atoms with van der Waals surface area (Å²) < 4.78 is 23.1. The van der Waals surface area contributed by atoms with Crippen molar-refractivity contribution in [3.63, 3.8) is 0 Å². The van der Waals surface area contributed by atoms with Gasteiger partial charge in [-0.1, -0.05) is 35.6 Å². The fourth-order valence-electron chi connectivity index (χ4n) is 2.83. The molecule has 0 radical (unpaired) electrons. The van der Waals surface area contributed by atoms with Crippen molar-refractivity contribution in [3.05, 3.63) is 59.5 Å². The summed E-state index contributed by atoms with van der Waals surface area (Å²) in [5.74, 6) is -0.208. The first-order chi connectivity index (χ1) is 14.2. The van der Waals surface area contributed by atoms with E-state index in [4.69, 9.17) is 5.14 Å². The van der Waals surface area contributed by atoms with Crippen LogP contribution in [0.2, 0.25) is 0 Å². The van der Waals surface area contributed by atoms with Gasteiger partial charge in [0.15, 0.2) is 9.34 Å². The van der Waals surface area contributed by atoms with E-state index in [9.17, 15) is 13.2 Å². The average Bonchev–Trinajstić information content (AvgIpc) is 3.10. The zero-order chi connectivity index (χ0) is 21.9. The number of amides is 1. The minimum absolute atomic E-state index is 0.0366. The van der Waals surface area contributed by atoms with Gasteiger partial charge in [0.1, 0.15) is 0 Å². The third-order valence-corrected chi connectivity index (χ3v) is 7.13. The van der Waals surface area contributed by atoms with E-state index in [1.165, 1.54) is 4.90 Å². The Balaban J connectivity index is 1.74. The number of nitrogens with two attached hydrogens (primary N) is 1. The van der Waals surface area contributed by atoms with E-state index in [1.54, 1.807) is 39.6 Å². The molecule has 0 aliphatic rings.